The SMILES string of the molecule is CCCCCCCCC[Si](CCCOCCOCCOCCO[Si](C)(C)C)(O[Si])C(OCC)(OCC)OCC. The Labute approximate surface area is 246 Å². The zero-order valence-corrected chi connectivity index (χ0v) is 29.4. The lowest BCUT2D eigenvalue weighted by molar-refractivity contribution is -0.334. The number of unbranched alkanes of at least 4 members (excludes halogenated alkanes) is 6. The van der Waals surface area contributed by atoms with E-state index in [1.54, 1.807) is 0 Å². The maximum absolute atomic E-state index is 6.23. The topological polar surface area (TPSA) is 73.8 Å². The van der Waals surface area contributed by atoms with Crippen molar-refractivity contribution in [3.8, 4) is 0 Å². The molecule has 0 aromatic carbocycles. The lowest BCUT2D eigenvalue weighted by Gasteiger charge is -2.46. The Hall–Kier alpha value is 0.331. The molecule has 0 fully saturated rings. The second-order valence-corrected chi connectivity index (χ2v) is 19.7. The molecule has 0 spiro atoms. The Kier molecular flexibility index (Phi) is 25.1. The van der Waals surface area contributed by atoms with E-state index in [1.807, 2.05) is 20.8 Å². The fourth-order valence-electron chi connectivity index (χ4n) is 4.46. The van der Waals surface area contributed by atoms with Gasteiger partial charge in [0.1, 0.15) is 0 Å². The highest BCUT2D eigenvalue weighted by Gasteiger charge is 2.58. The van der Waals surface area contributed by atoms with Crippen LogP contribution in [0.1, 0.15) is 79.1 Å². The first-order valence-electron chi connectivity index (χ1n) is 15.4. The summed E-state index contributed by atoms with van der Waals surface area (Å²) in [6.45, 7) is 20.3. The van der Waals surface area contributed by atoms with Crippen LogP contribution in [0.3, 0.4) is 0 Å². The molecule has 0 heterocycles. The molecule has 0 rings (SSSR count). The molecule has 0 aliphatic heterocycles. The summed E-state index contributed by atoms with van der Waals surface area (Å²) < 4.78 is 47.7. The van der Waals surface area contributed by atoms with Gasteiger partial charge in [-0.2, -0.15) is 0 Å². The minimum Gasteiger partial charge on any atom is -0.451 e. The van der Waals surface area contributed by atoms with Crippen molar-refractivity contribution >= 4 is 27.1 Å². The molecule has 39 heavy (non-hydrogen) atoms. The molecular formula is C28H61O8Si3. The van der Waals surface area contributed by atoms with Crippen molar-refractivity contribution in [3.05, 3.63) is 0 Å². The van der Waals surface area contributed by atoms with Gasteiger partial charge in [-0.05, 0) is 58.9 Å². The molecule has 0 aliphatic carbocycles. The Morgan fingerprint density at radius 1 is 0.538 bits per heavy atom. The van der Waals surface area contributed by atoms with Gasteiger partial charge in [0.15, 0.2) is 8.32 Å². The van der Waals surface area contributed by atoms with E-state index in [0.29, 0.717) is 66.1 Å². The summed E-state index contributed by atoms with van der Waals surface area (Å²) in [6, 6.07) is 1.71. The summed E-state index contributed by atoms with van der Waals surface area (Å²) in [5.41, 5.74) is -1.14. The molecule has 0 aromatic rings. The van der Waals surface area contributed by atoms with Gasteiger partial charge in [-0.3, -0.25) is 0 Å². The molecule has 1 unspecified atom stereocenters. The zero-order chi connectivity index (χ0) is 29.3. The van der Waals surface area contributed by atoms with Gasteiger partial charge in [0.25, 0.3) is 13.9 Å². The molecule has 8 nitrogen and oxygen atoms in total. The van der Waals surface area contributed by atoms with Gasteiger partial charge in [0.05, 0.1) is 39.6 Å². The van der Waals surface area contributed by atoms with Crippen LogP contribution in [0.5, 0.6) is 0 Å². The largest absolute Gasteiger partial charge is 0.451 e. The Morgan fingerprint density at radius 2 is 0.974 bits per heavy atom. The van der Waals surface area contributed by atoms with Crippen LogP contribution >= 0.6 is 0 Å². The van der Waals surface area contributed by atoms with E-state index in [4.69, 9.17) is 37.0 Å². The molecule has 0 amide bonds. The van der Waals surface area contributed by atoms with Crippen molar-refractivity contribution in [2.24, 2.45) is 0 Å². The summed E-state index contributed by atoms with van der Waals surface area (Å²) >= 11 is 0. The van der Waals surface area contributed by atoms with E-state index >= 15 is 0 Å². The summed E-state index contributed by atoms with van der Waals surface area (Å²) in [4.78, 5) is 0. The summed E-state index contributed by atoms with van der Waals surface area (Å²) in [7, 11) is -0.682. The molecule has 0 N–H and O–H groups in total. The van der Waals surface area contributed by atoms with E-state index < -0.39 is 22.2 Å². The molecule has 233 valence electrons. The normalized spacial score (nSPS) is 14.2. The third-order valence-corrected chi connectivity index (χ3v) is 12.8. The van der Waals surface area contributed by atoms with Crippen LogP contribution in [0.4, 0.5) is 0 Å². The minimum absolute atomic E-state index is 0.490. The number of ether oxygens (including phenoxy) is 6. The number of hydrogen-bond donors (Lipinski definition) is 0. The van der Waals surface area contributed by atoms with Crippen LogP contribution in [0.25, 0.3) is 0 Å². The van der Waals surface area contributed by atoms with Crippen molar-refractivity contribution < 1.29 is 37.0 Å². The standard InChI is InChI=1S/C28H61O8Si3/c1-8-12-13-14-15-16-17-26-39(36-37,28(32-9-2,33-10-3)34-11-4)27-18-19-29-20-21-30-22-23-31-24-25-35-38(5,6)7/h8-27H2,1-7H3. The van der Waals surface area contributed by atoms with Crippen LogP contribution in [0.2, 0.25) is 31.7 Å². The van der Waals surface area contributed by atoms with Crippen molar-refractivity contribution in [1.29, 1.82) is 0 Å². The van der Waals surface area contributed by atoms with Gasteiger partial charge in [-0.1, -0.05) is 51.9 Å². The molecule has 0 saturated heterocycles. The summed E-state index contributed by atoms with van der Waals surface area (Å²) in [6.07, 6.45) is 9.52. The minimum atomic E-state index is -2.69. The molecule has 0 saturated carbocycles. The molecular weight excluding hydrogens is 549 g/mol. The Morgan fingerprint density at radius 3 is 1.44 bits per heavy atom. The summed E-state index contributed by atoms with van der Waals surface area (Å²) in [5, 5.41) is 0. The maximum Gasteiger partial charge on any atom is 0.286 e. The van der Waals surface area contributed by atoms with E-state index in [0.717, 1.165) is 24.9 Å². The fraction of sp³-hybridized carbons (Fsp3) is 1.00. The smallest absolute Gasteiger partial charge is 0.286 e. The predicted octanol–water partition coefficient (Wildman–Crippen LogP) is 6.38. The number of hydrogen-bond acceptors (Lipinski definition) is 8. The molecule has 0 aliphatic rings. The first-order valence-corrected chi connectivity index (χ1v) is 21.5. The first kappa shape index (κ1) is 39.3. The van der Waals surface area contributed by atoms with Crippen molar-refractivity contribution in [3.63, 3.8) is 0 Å². The van der Waals surface area contributed by atoms with Gasteiger partial charge in [-0.25, -0.2) is 0 Å². The number of rotatable bonds is 30. The van der Waals surface area contributed by atoms with Crippen LogP contribution in [-0.4, -0.2) is 98.8 Å². The van der Waals surface area contributed by atoms with Crippen molar-refractivity contribution in [2.45, 2.75) is 116 Å². The van der Waals surface area contributed by atoms with Crippen LogP contribution in [0.15, 0.2) is 0 Å². The lowest BCUT2D eigenvalue weighted by atomic mass is 10.1. The fourth-order valence-corrected chi connectivity index (χ4v) is 10.1. The monoisotopic (exact) mass is 609 g/mol. The lowest BCUT2D eigenvalue weighted by Crippen LogP contribution is -2.65. The molecule has 0 aromatic heterocycles. The highest BCUT2D eigenvalue weighted by Crippen LogP contribution is 2.38. The molecule has 11 heteroatoms. The zero-order valence-electron chi connectivity index (χ0n) is 26.4. The quantitative estimate of drug-likeness (QED) is 0.0528. The van der Waals surface area contributed by atoms with Gasteiger partial charge >= 0.3 is 0 Å². The van der Waals surface area contributed by atoms with E-state index in [9.17, 15) is 0 Å². The molecule has 3 radical (unpaired) electrons. The second-order valence-electron chi connectivity index (χ2n) is 10.7. The highest BCUT2D eigenvalue weighted by molar-refractivity contribution is 6.78. The predicted molar refractivity (Wildman–Crippen MR) is 164 cm³/mol. The van der Waals surface area contributed by atoms with Gasteiger partial charge in [0, 0.05) is 26.4 Å². The van der Waals surface area contributed by atoms with E-state index in [2.05, 4.69) is 37.1 Å². The van der Waals surface area contributed by atoms with Crippen LogP contribution in [0, 0.1) is 0 Å². The maximum atomic E-state index is 6.23. The third-order valence-electron chi connectivity index (χ3n) is 6.32. The van der Waals surface area contributed by atoms with Gasteiger partial charge < -0.3 is 37.0 Å². The average molecular weight is 610 g/mol. The second kappa shape index (κ2) is 24.9. The Balaban J connectivity index is 4.65. The van der Waals surface area contributed by atoms with Crippen molar-refractivity contribution in [1.82, 2.24) is 0 Å². The van der Waals surface area contributed by atoms with Crippen molar-refractivity contribution in [2.75, 3.05) is 66.1 Å². The summed E-state index contributed by atoms with van der Waals surface area (Å²) in [5.74, 6) is 0. The van der Waals surface area contributed by atoms with E-state index in [1.165, 1.54) is 38.5 Å². The Bertz CT molecular complexity index is 522. The average Bonchev–Trinajstić information content (AvgIpc) is 2.89. The molecule has 0 bridgehead atoms. The van der Waals surface area contributed by atoms with Gasteiger partial charge in [-0.15, -0.1) is 0 Å². The van der Waals surface area contributed by atoms with Gasteiger partial charge in [0.2, 0.25) is 10.5 Å². The van der Waals surface area contributed by atoms with E-state index in [-0.39, 0.29) is 0 Å². The third kappa shape index (κ3) is 18.5. The first-order chi connectivity index (χ1) is 18.8. The van der Waals surface area contributed by atoms with Crippen LogP contribution < -0.4 is 0 Å². The highest BCUT2D eigenvalue weighted by atomic mass is 28.4. The molecule has 1 atom stereocenters. The van der Waals surface area contributed by atoms with Crippen LogP contribution in [-0.2, 0) is 37.0 Å².